The van der Waals surface area contributed by atoms with Gasteiger partial charge in [0.05, 0.1) is 6.54 Å². The van der Waals surface area contributed by atoms with Gasteiger partial charge in [0.2, 0.25) is 0 Å². The van der Waals surface area contributed by atoms with Gasteiger partial charge in [0, 0.05) is 63.8 Å². The van der Waals surface area contributed by atoms with Crippen LogP contribution in [0.15, 0.2) is 67.3 Å². The van der Waals surface area contributed by atoms with Crippen LogP contribution in [-0.4, -0.2) is 47.5 Å². The predicted octanol–water partition coefficient (Wildman–Crippen LogP) is 2.57. The maximum Gasteiger partial charge on any atom is 0.137 e. The summed E-state index contributed by atoms with van der Waals surface area (Å²) in [6, 6.07) is 14.8. The van der Waals surface area contributed by atoms with Crippen molar-refractivity contribution < 1.29 is 0 Å². The van der Waals surface area contributed by atoms with E-state index in [1.165, 1.54) is 16.7 Å². The van der Waals surface area contributed by atoms with E-state index in [0.29, 0.717) is 0 Å². The highest BCUT2D eigenvalue weighted by Crippen LogP contribution is 2.16. The lowest BCUT2D eigenvalue weighted by Crippen LogP contribution is -2.26. The molecule has 0 saturated heterocycles. The molecular formula is C23H25N7. The summed E-state index contributed by atoms with van der Waals surface area (Å²) in [7, 11) is 0. The normalized spacial score (nSPS) is 14.4. The zero-order chi connectivity index (χ0) is 20.2. The Morgan fingerprint density at radius 1 is 0.833 bits per heavy atom. The molecule has 1 aliphatic heterocycles. The molecular weight excluding hydrogens is 374 g/mol. The summed E-state index contributed by atoms with van der Waals surface area (Å²) in [5.41, 5.74) is 3.79. The van der Waals surface area contributed by atoms with Gasteiger partial charge in [0.15, 0.2) is 0 Å². The average Bonchev–Trinajstić information content (AvgIpc) is 3.36. The molecule has 30 heavy (non-hydrogen) atoms. The predicted molar refractivity (Wildman–Crippen MR) is 114 cm³/mol. The van der Waals surface area contributed by atoms with Crippen LogP contribution in [-0.2, 0) is 32.5 Å². The van der Waals surface area contributed by atoms with Gasteiger partial charge < -0.3 is 4.57 Å². The molecule has 0 spiro atoms. The van der Waals surface area contributed by atoms with Gasteiger partial charge in [-0.2, -0.15) is 5.10 Å². The Bertz CT molecular complexity index is 1090. The first-order chi connectivity index (χ1) is 14.8. The summed E-state index contributed by atoms with van der Waals surface area (Å²) < 4.78 is 4.25. The molecule has 0 fully saturated rings. The third-order valence-electron chi connectivity index (χ3n) is 5.58. The Balaban J connectivity index is 1.24. The Morgan fingerprint density at radius 3 is 2.57 bits per heavy atom. The molecule has 1 aromatic carbocycles. The zero-order valence-corrected chi connectivity index (χ0v) is 16.9. The number of rotatable bonds is 6. The molecule has 0 N–H and O–H groups in total. The van der Waals surface area contributed by atoms with Gasteiger partial charge in [0.25, 0.3) is 0 Å². The SMILES string of the molecule is c1cncc(Cc2nnc3n2CCN(Cc2cccc(Cn4cccn4)c2)CC3)c1. The molecule has 0 amide bonds. The van der Waals surface area contributed by atoms with E-state index < -0.39 is 0 Å². The van der Waals surface area contributed by atoms with Crippen molar-refractivity contribution in [2.45, 2.75) is 32.5 Å². The fraction of sp³-hybridized carbons (Fsp3) is 0.304. The van der Waals surface area contributed by atoms with E-state index in [1.807, 2.05) is 35.4 Å². The van der Waals surface area contributed by atoms with Gasteiger partial charge in [-0.25, -0.2) is 0 Å². The molecule has 0 radical (unpaired) electrons. The smallest absolute Gasteiger partial charge is 0.137 e. The van der Waals surface area contributed by atoms with Crippen LogP contribution in [0.2, 0.25) is 0 Å². The zero-order valence-electron chi connectivity index (χ0n) is 16.9. The number of pyridine rings is 1. The molecule has 0 saturated carbocycles. The van der Waals surface area contributed by atoms with Crippen molar-refractivity contribution in [2.75, 3.05) is 13.1 Å². The average molecular weight is 400 g/mol. The van der Waals surface area contributed by atoms with Crippen molar-refractivity contribution in [3.63, 3.8) is 0 Å². The molecule has 7 nitrogen and oxygen atoms in total. The number of nitrogens with zero attached hydrogens (tertiary/aromatic N) is 7. The summed E-state index contributed by atoms with van der Waals surface area (Å²) in [6.45, 7) is 4.66. The fourth-order valence-corrected chi connectivity index (χ4v) is 4.07. The molecule has 4 aromatic rings. The van der Waals surface area contributed by atoms with E-state index in [2.05, 4.69) is 60.1 Å². The molecule has 0 unspecified atom stereocenters. The van der Waals surface area contributed by atoms with Crippen LogP contribution in [0, 0.1) is 0 Å². The summed E-state index contributed by atoms with van der Waals surface area (Å²) in [6.07, 6.45) is 9.22. The minimum Gasteiger partial charge on any atom is -0.313 e. The highest BCUT2D eigenvalue weighted by atomic mass is 15.3. The molecule has 5 rings (SSSR count). The van der Waals surface area contributed by atoms with Crippen LogP contribution in [0.5, 0.6) is 0 Å². The quantitative estimate of drug-likeness (QED) is 0.499. The number of hydrogen-bond acceptors (Lipinski definition) is 5. The van der Waals surface area contributed by atoms with Crippen LogP contribution in [0.4, 0.5) is 0 Å². The third-order valence-corrected chi connectivity index (χ3v) is 5.58. The summed E-state index contributed by atoms with van der Waals surface area (Å²) in [5, 5.41) is 13.2. The second-order valence-corrected chi connectivity index (χ2v) is 7.77. The summed E-state index contributed by atoms with van der Waals surface area (Å²) in [5.74, 6) is 2.12. The molecule has 4 heterocycles. The topological polar surface area (TPSA) is 64.7 Å². The van der Waals surface area contributed by atoms with Crippen molar-refractivity contribution in [2.24, 2.45) is 0 Å². The summed E-state index contributed by atoms with van der Waals surface area (Å²) in [4.78, 5) is 6.72. The maximum absolute atomic E-state index is 4.47. The first-order valence-electron chi connectivity index (χ1n) is 10.4. The van der Waals surface area contributed by atoms with Crippen molar-refractivity contribution in [1.29, 1.82) is 0 Å². The van der Waals surface area contributed by atoms with E-state index in [4.69, 9.17) is 0 Å². The lowest BCUT2D eigenvalue weighted by molar-refractivity contribution is 0.270. The lowest BCUT2D eigenvalue weighted by Gasteiger charge is -2.20. The summed E-state index contributed by atoms with van der Waals surface area (Å²) >= 11 is 0. The molecule has 1 aliphatic rings. The standard InChI is InChI=1S/C23H25N7/c1-4-20(14-21(5-1)18-29-10-3-9-25-29)17-28-11-7-22-26-27-23(30(22)13-12-28)15-19-6-2-8-24-16-19/h1-6,8-10,14,16H,7,11-13,15,17-18H2. The van der Waals surface area contributed by atoms with E-state index in [0.717, 1.165) is 57.2 Å². The molecule has 152 valence electrons. The monoisotopic (exact) mass is 399 g/mol. The second kappa shape index (κ2) is 8.59. The third kappa shape index (κ3) is 4.31. The highest BCUT2D eigenvalue weighted by molar-refractivity contribution is 5.24. The molecule has 0 aliphatic carbocycles. The minimum absolute atomic E-state index is 0.774. The number of aromatic nitrogens is 6. The highest BCUT2D eigenvalue weighted by Gasteiger charge is 2.19. The van der Waals surface area contributed by atoms with Gasteiger partial charge in [-0.05, 0) is 28.8 Å². The molecule has 7 heteroatoms. The number of fused-ring (bicyclic) bond motifs is 1. The number of hydrogen-bond donors (Lipinski definition) is 0. The largest absolute Gasteiger partial charge is 0.313 e. The number of benzene rings is 1. The lowest BCUT2D eigenvalue weighted by atomic mass is 10.1. The van der Waals surface area contributed by atoms with Gasteiger partial charge >= 0.3 is 0 Å². The van der Waals surface area contributed by atoms with Crippen LogP contribution in [0.25, 0.3) is 0 Å². The first-order valence-corrected chi connectivity index (χ1v) is 10.4. The van der Waals surface area contributed by atoms with Crippen LogP contribution >= 0.6 is 0 Å². The van der Waals surface area contributed by atoms with Crippen molar-refractivity contribution in [3.8, 4) is 0 Å². The van der Waals surface area contributed by atoms with Gasteiger partial charge in [-0.3, -0.25) is 14.6 Å². The van der Waals surface area contributed by atoms with E-state index >= 15 is 0 Å². The van der Waals surface area contributed by atoms with E-state index in [1.54, 1.807) is 6.20 Å². The first kappa shape index (κ1) is 18.7. The minimum atomic E-state index is 0.774. The van der Waals surface area contributed by atoms with Crippen molar-refractivity contribution in [3.05, 3.63) is 95.6 Å². The Morgan fingerprint density at radius 2 is 1.73 bits per heavy atom. The van der Waals surface area contributed by atoms with Crippen LogP contribution in [0.1, 0.15) is 28.3 Å². The van der Waals surface area contributed by atoms with Crippen molar-refractivity contribution in [1.82, 2.24) is 34.4 Å². The fourth-order valence-electron chi connectivity index (χ4n) is 4.07. The molecule has 3 aromatic heterocycles. The Kier molecular flexibility index (Phi) is 5.35. The second-order valence-electron chi connectivity index (χ2n) is 7.77. The van der Waals surface area contributed by atoms with Gasteiger partial charge in [0.1, 0.15) is 11.6 Å². The Hall–Kier alpha value is -3.32. The Labute approximate surface area is 176 Å². The molecule has 0 bridgehead atoms. The van der Waals surface area contributed by atoms with Gasteiger partial charge in [-0.1, -0.05) is 30.3 Å². The van der Waals surface area contributed by atoms with E-state index in [-0.39, 0.29) is 0 Å². The van der Waals surface area contributed by atoms with Crippen LogP contribution in [0.3, 0.4) is 0 Å². The van der Waals surface area contributed by atoms with Crippen LogP contribution < -0.4 is 0 Å². The van der Waals surface area contributed by atoms with Crippen molar-refractivity contribution >= 4 is 0 Å². The maximum atomic E-state index is 4.47. The van der Waals surface area contributed by atoms with E-state index in [9.17, 15) is 0 Å². The van der Waals surface area contributed by atoms with Gasteiger partial charge in [-0.15, -0.1) is 10.2 Å². The molecule has 0 atom stereocenters.